The molecular weight excluding hydrogens is 362 g/mol. The van der Waals surface area contributed by atoms with Crippen molar-refractivity contribution in [3.63, 3.8) is 0 Å². The first-order valence-corrected chi connectivity index (χ1v) is 10.6. The number of hydrogen-bond donors (Lipinski definition) is 1. The SMILES string of the molecule is CCN(c1ccc(C(=O)NCC2CN(Cc3ccccc3)CCO2)cc1)C(C)C. The summed E-state index contributed by atoms with van der Waals surface area (Å²) in [6.45, 7) is 11.3. The van der Waals surface area contributed by atoms with Crippen LogP contribution < -0.4 is 10.2 Å². The summed E-state index contributed by atoms with van der Waals surface area (Å²) >= 11 is 0. The van der Waals surface area contributed by atoms with E-state index in [1.807, 2.05) is 30.3 Å². The van der Waals surface area contributed by atoms with Crippen LogP contribution in [0.15, 0.2) is 54.6 Å². The first-order valence-electron chi connectivity index (χ1n) is 10.6. The van der Waals surface area contributed by atoms with E-state index in [0.29, 0.717) is 24.8 Å². The number of rotatable bonds is 8. The second-order valence-electron chi connectivity index (χ2n) is 7.85. The Hall–Kier alpha value is -2.37. The van der Waals surface area contributed by atoms with Crippen molar-refractivity contribution in [3.8, 4) is 0 Å². The molecule has 3 rings (SSSR count). The van der Waals surface area contributed by atoms with E-state index in [1.165, 1.54) is 5.56 Å². The molecule has 1 atom stereocenters. The molecule has 5 heteroatoms. The largest absolute Gasteiger partial charge is 0.374 e. The highest BCUT2D eigenvalue weighted by atomic mass is 16.5. The lowest BCUT2D eigenvalue weighted by Crippen LogP contribution is -2.47. The highest BCUT2D eigenvalue weighted by molar-refractivity contribution is 5.94. The average Bonchev–Trinajstić information content (AvgIpc) is 2.74. The van der Waals surface area contributed by atoms with Crippen molar-refractivity contribution >= 4 is 11.6 Å². The Labute approximate surface area is 174 Å². The van der Waals surface area contributed by atoms with Gasteiger partial charge >= 0.3 is 0 Å². The van der Waals surface area contributed by atoms with Crippen LogP contribution in [0.3, 0.4) is 0 Å². The van der Waals surface area contributed by atoms with Crippen LogP contribution in [0.2, 0.25) is 0 Å². The lowest BCUT2D eigenvalue weighted by atomic mass is 10.1. The van der Waals surface area contributed by atoms with E-state index >= 15 is 0 Å². The Morgan fingerprint density at radius 3 is 2.55 bits per heavy atom. The molecule has 0 saturated carbocycles. The average molecular weight is 396 g/mol. The molecule has 1 saturated heterocycles. The molecule has 0 bridgehead atoms. The molecule has 156 valence electrons. The zero-order valence-electron chi connectivity index (χ0n) is 17.8. The lowest BCUT2D eigenvalue weighted by molar-refractivity contribution is -0.0292. The van der Waals surface area contributed by atoms with Crippen LogP contribution in [-0.2, 0) is 11.3 Å². The fraction of sp³-hybridized carbons (Fsp3) is 0.458. The van der Waals surface area contributed by atoms with Gasteiger partial charge in [0.2, 0.25) is 0 Å². The van der Waals surface area contributed by atoms with Crippen LogP contribution in [0.5, 0.6) is 0 Å². The molecule has 1 unspecified atom stereocenters. The molecular formula is C24H33N3O2. The Bertz CT molecular complexity index is 761. The van der Waals surface area contributed by atoms with Crippen molar-refractivity contribution in [1.82, 2.24) is 10.2 Å². The Morgan fingerprint density at radius 1 is 1.17 bits per heavy atom. The summed E-state index contributed by atoms with van der Waals surface area (Å²) in [5.74, 6) is -0.0482. The van der Waals surface area contributed by atoms with Crippen molar-refractivity contribution in [2.45, 2.75) is 39.5 Å². The van der Waals surface area contributed by atoms with Gasteiger partial charge < -0.3 is 15.0 Å². The summed E-state index contributed by atoms with van der Waals surface area (Å²) in [5, 5.41) is 3.03. The molecule has 2 aromatic rings. The number of benzene rings is 2. The van der Waals surface area contributed by atoms with E-state index in [1.54, 1.807) is 0 Å². The summed E-state index contributed by atoms with van der Waals surface area (Å²) in [4.78, 5) is 17.2. The molecule has 1 amide bonds. The number of carbonyl (C=O) groups excluding carboxylic acids is 1. The van der Waals surface area contributed by atoms with E-state index in [0.717, 1.165) is 31.9 Å². The Balaban J connectivity index is 1.49. The smallest absolute Gasteiger partial charge is 0.251 e. The second-order valence-corrected chi connectivity index (χ2v) is 7.85. The third-order valence-electron chi connectivity index (χ3n) is 5.39. The monoisotopic (exact) mass is 395 g/mol. The summed E-state index contributed by atoms with van der Waals surface area (Å²) in [6.07, 6.45) is 0.0206. The van der Waals surface area contributed by atoms with Crippen LogP contribution in [0.4, 0.5) is 5.69 Å². The molecule has 0 radical (unpaired) electrons. The quantitative estimate of drug-likeness (QED) is 0.742. The maximum absolute atomic E-state index is 12.6. The Kier molecular flexibility index (Phi) is 7.67. The molecule has 0 spiro atoms. The molecule has 1 fully saturated rings. The van der Waals surface area contributed by atoms with E-state index in [2.05, 4.69) is 60.2 Å². The molecule has 5 nitrogen and oxygen atoms in total. The zero-order valence-corrected chi connectivity index (χ0v) is 17.8. The van der Waals surface area contributed by atoms with Gasteiger partial charge in [-0.25, -0.2) is 0 Å². The van der Waals surface area contributed by atoms with Gasteiger partial charge in [0.1, 0.15) is 0 Å². The molecule has 0 aromatic heterocycles. The maximum Gasteiger partial charge on any atom is 0.251 e. The van der Waals surface area contributed by atoms with Crippen LogP contribution in [0.25, 0.3) is 0 Å². The minimum Gasteiger partial charge on any atom is -0.374 e. The van der Waals surface area contributed by atoms with Gasteiger partial charge in [-0.3, -0.25) is 9.69 Å². The van der Waals surface area contributed by atoms with Gasteiger partial charge in [0.05, 0.1) is 12.7 Å². The number of nitrogens with zero attached hydrogens (tertiary/aromatic N) is 2. The van der Waals surface area contributed by atoms with E-state index in [9.17, 15) is 4.79 Å². The van der Waals surface area contributed by atoms with Gasteiger partial charge in [-0.15, -0.1) is 0 Å². The minimum absolute atomic E-state index is 0.0206. The van der Waals surface area contributed by atoms with Crippen LogP contribution in [0.1, 0.15) is 36.7 Å². The highest BCUT2D eigenvalue weighted by Gasteiger charge is 2.21. The number of nitrogens with one attached hydrogen (secondary N) is 1. The molecule has 0 aliphatic carbocycles. The fourth-order valence-corrected chi connectivity index (χ4v) is 3.85. The standard InChI is InChI=1S/C24H33N3O2/c1-4-27(19(2)3)22-12-10-21(11-13-22)24(28)25-16-23-18-26(14-15-29-23)17-20-8-6-5-7-9-20/h5-13,19,23H,4,14-18H2,1-3H3,(H,25,28). The first-order chi connectivity index (χ1) is 14.1. The highest BCUT2D eigenvalue weighted by Crippen LogP contribution is 2.18. The van der Waals surface area contributed by atoms with E-state index in [-0.39, 0.29) is 12.0 Å². The van der Waals surface area contributed by atoms with Crippen molar-refractivity contribution in [2.75, 3.05) is 37.7 Å². The predicted molar refractivity (Wildman–Crippen MR) is 118 cm³/mol. The third kappa shape index (κ3) is 6.05. The summed E-state index contributed by atoms with van der Waals surface area (Å²) in [7, 11) is 0. The second kappa shape index (κ2) is 10.4. The van der Waals surface area contributed by atoms with Crippen molar-refractivity contribution in [2.24, 2.45) is 0 Å². The van der Waals surface area contributed by atoms with Crippen LogP contribution in [0, 0.1) is 0 Å². The van der Waals surface area contributed by atoms with E-state index < -0.39 is 0 Å². The number of ether oxygens (including phenoxy) is 1. The summed E-state index contributed by atoms with van der Waals surface area (Å²) in [5.41, 5.74) is 3.14. The van der Waals surface area contributed by atoms with Crippen molar-refractivity contribution in [1.29, 1.82) is 0 Å². The summed E-state index contributed by atoms with van der Waals surface area (Å²) in [6, 6.07) is 18.8. The van der Waals surface area contributed by atoms with Gasteiger partial charge in [-0.05, 0) is 50.6 Å². The van der Waals surface area contributed by atoms with Crippen molar-refractivity contribution < 1.29 is 9.53 Å². The number of hydrogen-bond acceptors (Lipinski definition) is 4. The van der Waals surface area contributed by atoms with Gasteiger partial charge in [0.25, 0.3) is 5.91 Å². The molecule has 29 heavy (non-hydrogen) atoms. The number of carbonyl (C=O) groups is 1. The van der Waals surface area contributed by atoms with Gasteiger partial charge in [-0.2, -0.15) is 0 Å². The fourth-order valence-electron chi connectivity index (χ4n) is 3.85. The number of anilines is 1. The molecule has 2 aromatic carbocycles. The van der Waals surface area contributed by atoms with Gasteiger partial charge in [0.15, 0.2) is 0 Å². The first kappa shape index (κ1) is 21.3. The number of morpholine rings is 1. The predicted octanol–water partition coefficient (Wildman–Crippen LogP) is 3.55. The maximum atomic E-state index is 12.6. The van der Waals surface area contributed by atoms with Crippen molar-refractivity contribution in [3.05, 3.63) is 65.7 Å². The van der Waals surface area contributed by atoms with Crippen LogP contribution >= 0.6 is 0 Å². The van der Waals surface area contributed by atoms with E-state index in [4.69, 9.17) is 4.74 Å². The Morgan fingerprint density at radius 2 is 1.90 bits per heavy atom. The van der Waals surface area contributed by atoms with Gasteiger partial charge in [0, 0.05) is 50.0 Å². The normalized spacial score (nSPS) is 17.3. The van der Waals surface area contributed by atoms with Crippen LogP contribution in [-0.4, -0.2) is 55.7 Å². The molecule has 1 heterocycles. The van der Waals surface area contributed by atoms with Gasteiger partial charge in [-0.1, -0.05) is 30.3 Å². The minimum atomic E-state index is -0.0482. The zero-order chi connectivity index (χ0) is 20.6. The molecule has 1 aliphatic rings. The summed E-state index contributed by atoms with van der Waals surface area (Å²) < 4.78 is 5.86. The molecule has 1 N–H and O–H groups in total. The molecule has 1 aliphatic heterocycles. The number of amides is 1. The lowest BCUT2D eigenvalue weighted by Gasteiger charge is -2.33. The third-order valence-corrected chi connectivity index (χ3v) is 5.39. The topological polar surface area (TPSA) is 44.8 Å².